The molecule has 4 nitrogen and oxygen atoms in total. The highest BCUT2D eigenvalue weighted by atomic mass is 35.5. The second-order valence-corrected chi connectivity index (χ2v) is 10.4. The lowest BCUT2D eigenvalue weighted by Gasteiger charge is -2.19. The number of ether oxygens (including phenoxy) is 1. The Morgan fingerprint density at radius 1 is 0.909 bits per heavy atom. The summed E-state index contributed by atoms with van der Waals surface area (Å²) in [7, 11) is 0. The van der Waals surface area contributed by atoms with Gasteiger partial charge < -0.3 is 4.74 Å². The van der Waals surface area contributed by atoms with E-state index in [2.05, 4.69) is 78.9 Å². The van der Waals surface area contributed by atoms with Crippen LogP contribution in [0.25, 0.3) is 17.1 Å². The number of para-hydroxylation sites is 1. The standard InChI is InChI=1S/C27H28ClN3OS/c1-19-7-5-6-8-24(19)31-25(20-9-11-21(12-10-20)27(2,3)4)29-30-26(31)33-18-17-32-23-15-13-22(28)14-16-23/h5-16H,17-18H2,1-4H3. The highest BCUT2D eigenvalue weighted by Gasteiger charge is 2.19. The fraction of sp³-hybridized carbons (Fsp3) is 0.259. The molecule has 0 amide bonds. The maximum Gasteiger partial charge on any atom is 0.196 e. The quantitative estimate of drug-likeness (QED) is 0.206. The topological polar surface area (TPSA) is 39.9 Å². The molecule has 0 spiro atoms. The van der Waals surface area contributed by atoms with Crippen LogP contribution in [-0.2, 0) is 5.41 Å². The Morgan fingerprint density at radius 2 is 1.61 bits per heavy atom. The molecule has 4 rings (SSSR count). The molecule has 0 atom stereocenters. The zero-order chi connectivity index (χ0) is 23.4. The van der Waals surface area contributed by atoms with Crippen molar-refractivity contribution < 1.29 is 4.74 Å². The van der Waals surface area contributed by atoms with E-state index in [9.17, 15) is 0 Å². The van der Waals surface area contributed by atoms with Gasteiger partial charge in [0.15, 0.2) is 11.0 Å². The van der Waals surface area contributed by atoms with E-state index in [0.717, 1.165) is 33.7 Å². The van der Waals surface area contributed by atoms with Crippen molar-refractivity contribution in [2.24, 2.45) is 0 Å². The third-order valence-corrected chi connectivity index (χ3v) is 6.54. The van der Waals surface area contributed by atoms with Crippen molar-refractivity contribution in [3.8, 4) is 22.8 Å². The molecule has 0 aliphatic carbocycles. The molecule has 4 aromatic rings. The van der Waals surface area contributed by atoms with Crippen LogP contribution in [0.4, 0.5) is 0 Å². The third kappa shape index (κ3) is 5.60. The zero-order valence-electron chi connectivity index (χ0n) is 19.4. The summed E-state index contributed by atoms with van der Waals surface area (Å²) < 4.78 is 8.00. The van der Waals surface area contributed by atoms with Gasteiger partial charge in [0.2, 0.25) is 0 Å². The van der Waals surface area contributed by atoms with E-state index in [1.807, 2.05) is 36.4 Å². The van der Waals surface area contributed by atoms with Gasteiger partial charge in [0.05, 0.1) is 12.3 Å². The largest absolute Gasteiger partial charge is 0.493 e. The molecule has 0 unspecified atom stereocenters. The molecule has 0 bridgehead atoms. The fourth-order valence-corrected chi connectivity index (χ4v) is 4.41. The molecule has 3 aromatic carbocycles. The number of hydrogen-bond acceptors (Lipinski definition) is 4. The van der Waals surface area contributed by atoms with Gasteiger partial charge in [0, 0.05) is 16.3 Å². The Morgan fingerprint density at radius 3 is 2.27 bits per heavy atom. The van der Waals surface area contributed by atoms with Crippen LogP contribution in [0.2, 0.25) is 5.02 Å². The fourth-order valence-electron chi connectivity index (χ4n) is 3.52. The number of halogens is 1. The van der Waals surface area contributed by atoms with Crippen LogP contribution in [-0.4, -0.2) is 27.1 Å². The number of thioether (sulfide) groups is 1. The maximum atomic E-state index is 5.95. The molecule has 1 heterocycles. The van der Waals surface area contributed by atoms with Crippen LogP contribution in [0.5, 0.6) is 5.75 Å². The average Bonchev–Trinajstić information content (AvgIpc) is 3.21. The molecule has 0 N–H and O–H groups in total. The Hall–Kier alpha value is -2.76. The second kappa shape index (κ2) is 10.0. The van der Waals surface area contributed by atoms with Crippen molar-refractivity contribution in [2.75, 3.05) is 12.4 Å². The van der Waals surface area contributed by atoms with Crippen LogP contribution >= 0.6 is 23.4 Å². The minimum atomic E-state index is 0.104. The number of nitrogens with zero attached hydrogens (tertiary/aromatic N) is 3. The molecule has 0 saturated heterocycles. The minimum Gasteiger partial charge on any atom is -0.493 e. The molecule has 1 aromatic heterocycles. The molecule has 0 saturated carbocycles. The van der Waals surface area contributed by atoms with Crippen LogP contribution in [0.1, 0.15) is 31.9 Å². The monoisotopic (exact) mass is 477 g/mol. The Labute approximate surface area is 205 Å². The molecular formula is C27H28ClN3OS. The van der Waals surface area contributed by atoms with E-state index in [0.29, 0.717) is 11.6 Å². The summed E-state index contributed by atoms with van der Waals surface area (Å²) in [5.41, 5.74) is 4.70. The highest BCUT2D eigenvalue weighted by Crippen LogP contribution is 2.31. The summed E-state index contributed by atoms with van der Waals surface area (Å²) in [5.74, 6) is 2.39. The van der Waals surface area contributed by atoms with Gasteiger partial charge in [0.25, 0.3) is 0 Å². The van der Waals surface area contributed by atoms with Gasteiger partial charge in [-0.25, -0.2) is 0 Å². The molecule has 33 heavy (non-hydrogen) atoms. The first-order chi connectivity index (χ1) is 15.8. The average molecular weight is 478 g/mol. The van der Waals surface area contributed by atoms with Gasteiger partial charge >= 0.3 is 0 Å². The number of benzene rings is 3. The lowest BCUT2D eigenvalue weighted by Crippen LogP contribution is -2.10. The summed E-state index contributed by atoms with van der Waals surface area (Å²) in [6, 6.07) is 24.4. The van der Waals surface area contributed by atoms with Crippen molar-refractivity contribution in [2.45, 2.75) is 38.3 Å². The number of hydrogen-bond donors (Lipinski definition) is 0. The van der Waals surface area contributed by atoms with Crippen molar-refractivity contribution in [3.63, 3.8) is 0 Å². The molecule has 0 radical (unpaired) electrons. The van der Waals surface area contributed by atoms with Crippen molar-refractivity contribution in [3.05, 3.63) is 88.9 Å². The Bertz CT molecular complexity index is 1210. The number of rotatable bonds is 7. The van der Waals surface area contributed by atoms with E-state index in [4.69, 9.17) is 16.3 Å². The van der Waals surface area contributed by atoms with Crippen LogP contribution in [0.15, 0.2) is 78.0 Å². The first-order valence-electron chi connectivity index (χ1n) is 11.0. The normalized spacial score (nSPS) is 11.5. The SMILES string of the molecule is Cc1ccccc1-n1c(SCCOc2ccc(Cl)cc2)nnc1-c1ccc(C(C)(C)C)cc1. The third-order valence-electron chi connectivity index (χ3n) is 5.40. The van der Waals surface area contributed by atoms with E-state index >= 15 is 0 Å². The van der Waals surface area contributed by atoms with Gasteiger partial charge in [-0.15, -0.1) is 10.2 Å². The van der Waals surface area contributed by atoms with E-state index in [1.54, 1.807) is 11.8 Å². The van der Waals surface area contributed by atoms with Crippen LogP contribution in [0.3, 0.4) is 0 Å². The van der Waals surface area contributed by atoms with Crippen LogP contribution < -0.4 is 4.74 Å². The molecule has 170 valence electrons. The van der Waals surface area contributed by atoms with Gasteiger partial charge in [-0.3, -0.25) is 4.57 Å². The summed E-state index contributed by atoms with van der Waals surface area (Å²) in [4.78, 5) is 0. The lowest BCUT2D eigenvalue weighted by atomic mass is 9.87. The summed E-state index contributed by atoms with van der Waals surface area (Å²) >= 11 is 7.58. The van der Waals surface area contributed by atoms with Crippen molar-refractivity contribution in [1.82, 2.24) is 14.8 Å². The molecule has 0 fully saturated rings. The predicted octanol–water partition coefficient (Wildman–Crippen LogP) is 7.36. The van der Waals surface area contributed by atoms with Gasteiger partial charge in [0.1, 0.15) is 5.75 Å². The first-order valence-corrected chi connectivity index (χ1v) is 12.3. The van der Waals surface area contributed by atoms with E-state index in [1.165, 1.54) is 11.1 Å². The van der Waals surface area contributed by atoms with Crippen molar-refractivity contribution in [1.29, 1.82) is 0 Å². The summed E-state index contributed by atoms with van der Waals surface area (Å²) in [6.07, 6.45) is 0. The van der Waals surface area contributed by atoms with Gasteiger partial charge in [-0.05, 0) is 53.8 Å². The summed E-state index contributed by atoms with van der Waals surface area (Å²) in [6.45, 7) is 9.33. The van der Waals surface area contributed by atoms with E-state index < -0.39 is 0 Å². The van der Waals surface area contributed by atoms with Gasteiger partial charge in [-0.1, -0.05) is 86.6 Å². The zero-order valence-corrected chi connectivity index (χ0v) is 21.0. The van der Waals surface area contributed by atoms with Crippen molar-refractivity contribution >= 4 is 23.4 Å². The molecule has 0 aliphatic heterocycles. The molecule has 6 heteroatoms. The van der Waals surface area contributed by atoms with E-state index in [-0.39, 0.29) is 5.41 Å². The maximum absolute atomic E-state index is 5.95. The smallest absolute Gasteiger partial charge is 0.196 e. The second-order valence-electron chi connectivity index (χ2n) is 8.91. The number of aryl methyl sites for hydroxylation is 1. The molecular weight excluding hydrogens is 450 g/mol. The lowest BCUT2D eigenvalue weighted by molar-refractivity contribution is 0.344. The first kappa shape index (κ1) is 23.4. The highest BCUT2D eigenvalue weighted by molar-refractivity contribution is 7.99. The Balaban J connectivity index is 1.59. The van der Waals surface area contributed by atoms with Crippen LogP contribution in [0, 0.1) is 6.92 Å². The number of aromatic nitrogens is 3. The minimum absolute atomic E-state index is 0.104. The predicted molar refractivity (Wildman–Crippen MR) is 138 cm³/mol. The Kier molecular flexibility index (Phi) is 7.11. The van der Waals surface area contributed by atoms with Gasteiger partial charge in [-0.2, -0.15) is 0 Å². The summed E-state index contributed by atoms with van der Waals surface area (Å²) in [5, 5.41) is 10.7. The molecule has 0 aliphatic rings.